The van der Waals surface area contributed by atoms with Crippen LogP contribution in [0.1, 0.15) is 60.3 Å². The van der Waals surface area contributed by atoms with Gasteiger partial charge in [-0.15, -0.1) is 0 Å². The van der Waals surface area contributed by atoms with Crippen molar-refractivity contribution >= 4 is 32.5 Å². The van der Waals surface area contributed by atoms with Crippen LogP contribution in [0.25, 0.3) is 11.1 Å². The Morgan fingerprint density at radius 2 is 1.79 bits per heavy atom. The molecule has 0 saturated heterocycles. The smallest absolute Gasteiger partial charge is 0.200 e. The second-order valence-electron chi connectivity index (χ2n) is 7.24. The van der Waals surface area contributed by atoms with Gasteiger partial charge in [0, 0.05) is 5.41 Å². The summed E-state index contributed by atoms with van der Waals surface area (Å²) in [6, 6.07) is 3.30. The van der Waals surface area contributed by atoms with E-state index in [2.05, 4.69) is 11.9 Å². The van der Waals surface area contributed by atoms with Gasteiger partial charge in [-0.05, 0) is 30.9 Å². The molecule has 4 nitrogen and oxygen atoms in total. The average molecular weight is 372 g/mol. The van der Waals surface area contributed by atoms with Gasteiger partial charge < -0.3 is 4.42 Å². The van der Waals surface area contributed by atoms with Gasteiger partial charge in [0.05, 0.1) is 10.3 Å². The van der Waals surface area contributed by atoms with Crippen LogP contribution in [0.5, 0.6) is 0 Å². The summed E-state index contributed by atoms with van der Waals surface area (Å²) in [6.45, 7) is 12.0. The molecule has 0 amide bonds. The molecule has 0 atom stereocenters. The van der Waals surface area contributed by atoms with Crippen molar-refractivity contribution in [1.29, 1.82) is 0 Å². The van der Waals surface area contributed by atoms with Crippen molar-refractivity contribution in [3.8, 4) is 0 Å². The molecule has 1 saturated carbocycles. The summed E-state index contributed by atoms with van der Waals surface area (Å²) in [4.78, 5) is 4.53. The van der Waals surface area contributed by atoms with Crippen LogP contribution >= 0.6 is 11.6 Å². The molecule has 0 bridgehead atoms. The monoisotopic (exact) mass is 371 g/mol. The third kappa shape index (κ3) is 3.33. The van der Waals surface area contributed by atoms with Crippen molar-refractivity contribution in [3.63, 3.8) is 0 Å². The van der Waals surface area contributed by atoms with Crippen molar-refractivity contribution in [2.24, 2.45) is 5.92 Å². The van der Waals surface area contributed by atoms with E-state index in [0.717, 1.165) is 0 Å². The van der Waals surface area contributed by atoms with Gasteiger partial charge in [0.1, 0.15) is 10.4 Å². The van der Waals surface area contributed by atoms with Gasteiger partial charge in [0.2, 0.25) is 5.89 Å². The summed E-state index contributed by atoms with van der Waals surface area (Å²) < 4.78 is 31.6. The van der Waals surface area contributed by atoms with E-state index < -0.39 is 9.84 Å². The number of halogens is 1. The number of benzene rings is 1. The first-order valence-corrected chi connectivity index (χ1v) is 10.4. The zero-order chi connectivity index (χ0) is 18.3. The van der Waals surface area contributed by atoms with Crippen molar-refractivity contribution in [1.82, 2.24) is 4.98 Å². The molecule has 0 radical (unpaired) electrons. The topological polar surface area (TPSA) is 60.2 Å². The lowest BCUT2D eigenvalue weighted by atomic mass is 9.87. The largest absolute Gasteiger partial charge is 0.439 e. The van der Waals surface area contributed by atoms with Crippen molar-refractivity contribution in [2.45, 2.75) is 69.9 Å². The molecule has 6 heteroatoms. The molecule has 1 fully saturated rings. The Morgan fingerprint density at radius 3 is 2.29 bits per heavy atom. The summed E-state index contributed by atoms with van der Waals surface area (Å²) in [7, 11) is -3.49. The minimum absolute atomic E-state index is 0.103. The fourth-order valence-corrected chi connectivity index (χ4v) is 5.49. The van der Waals surface area contributed by atoms with Gasteiger partial charge in [-0.1, -0.05) is 53.1 Å². The lowest BCUT2D eigenvalue weighted by Gasteiger charge is -2.32. The number of fused-ring (bicyclic) bond motifs is 1. The Kier molecular flexibility index (Phi) is 5.36. The second-order valence-corrected chi connectivity index (χ2v) is 9.81. The van der Waals surface area contributed by atoms with Crippen molar-refractivity contribution < 1.29 is 12.8 Å². The molecule has 1 heterocycles. The zero-order valence-electron chi connectivity index (χ0n) is 15.2. The lowest BCUT2D eigenvalue weighted by molar-refractivity contribution is 0.344. The highest BCUT2D eigenvalue weighted by atomic mass is 35.5. The van der Waals surface area contributed by atoms with E-state index in [1.54, 1.807) is 12.1 Å². The number of nitrogens with zero attached hydrogens (tertiary/aromatic N) is 1. The Labute approximate surface area is 149 Å². The van der Waals surface area contributed by atoms with Crippen LogP contribution in [-0.4, -0.2) is 18.7 Å². The second kappa shape index (κ2) is 6.68. The molecule has 24 heavy (non-hydrogen) atoms. The highest BCUT2D eigenvalue weighted by Crippen LogP contribution is 2.41. The Bertz CT molecular complexity index is 828. The number of hydrogen-bond donors (Lipinski definition) is 0. The van der Waals surface area contributed by atoms with Gasteiger partial charge in [-0.2, -0.15) is 0 Å². The third-order valence-corrected chi connectivity index (χ3v) is 6.82. The Balaban J connectivity index is 0.00000100. The van der Waals surface area contributed by atoms with E-state index in [1.165, 1.54) is 0 Å². The van der Waals surface area contributed by atoms with Crippen LogP contribution in [0.3, 0.4) is 0 Å². The number of oxazole rings is 1. The van der Waals surface area contributed by atoms with Gasteiger partial charge in [-0.3, -0.25) is 0 Å². The van der Waals surface area contributed by atoms with Crippen LogP contribution < -0.4 is 0 Å². The molecule has 0 N–H and O–H groups in total. The number of aromatic nitrogens is 1. The maximum absolute atomic E-state index is 12.9. The summed E-state index contributed by atoms with van der Waals surface area (Å²) in [5.41, 5.74) is 0.537. The van der Waals surface area contributed by atoms with Crippen LogP contribution in [0, 0.1) is 5.92 Å². The quantitative estimate of drug-likeness (QED) is 0.711. The highest BCUT2D eigenvalue weighted by molar-refractivity contribution is 7.92. The van der Waals surface area contributed by atoms with Gasteiger partial charge in [0.25, 0.3) is 0 Å². The molecule has 1 aromatic heterocycles. The van der Waals surface area contributed by atoms with E-state index in [1.807, 2.05) is 34.6 Å². The van der Waals surface area contributed by atoms with E-state index in [4.69, 9.17) is 16.0 Å². The predicted molar refractivity (Wildman–Crippen MR) is 98.4 cm³/mol. The number of sulfone groups is 1. The first kappa shape index (κ1) is 19.3. The standard InChI is InChI=1S/C16H20ClNO3S.C2H6/c1-9-7-10(8-9)22(19,20)14-11(17)5-6-12-13(14)21-15(18-12)16(2,3)4;1-2/h5-6,9-10H,7-8H2,1-4H3;1-2H3. The van der Waals surface area contributed by atoms with Gasteiger partial charge in [0.15, 0.2) is 15.4 Å². The normalized spacial score (nSPS) is 21.1. The maximum atomic E-state index is 12.9. The lowest BCUT2D eigenvalue weighted by Crippen LogP contribution is -2.34. The summed E-state index contributed by atoms with van der Waals surface area (Å²) >= 11 is 6.21. The molecule has 1 aliphatic carbocycles. The first-order chi connectivity index (χ1) is 11.1. The highest BCUT2D eigenvalue weighted by Gasteiger charge is 2.40. The first-order valence-electron chi connectivity index (χ1n) is 8.44. The van der Waals surface area contributed by atoms with Crippen LogP contribution in [-0.2, 0) is 15.3 Å². The average Bonchev–Trinajstić information content (AvgIpc) is 2.89. The Hall–Kier alpha value is -1.07. The van der Waals surface area contributed by atoms with Crippen molar-refractivity contribution in [2.75, 3.05) is 0 Å². The van der Waals surface area contributed by atoms with E-state index in [9.17, 15) is 8.42 Å². The summed E-state index contributed by atoms with van der Waals surface area (Å²) in [5.74, 6) is 0.959. The summed E-state index contributed by atoms with van der Waals surface area (Å²) in [5, 5.41) is -0.155. The van der Waals surface area contributed by atoms with E-state index in [0.29, 0.717) is 30.2 Å². The van der Waals surface area contributed by atoms with Crippen molar-refractivity contribution in [3.05, 3.63) is 23.0 Å². The molecular formula is C18H26ClNO3S. The molecule has 1 aliphatic rings. The molecule has 0 unspecified atom stereocenters. The maximum Gasteiger partial charge on any atom is 0.200 e. The number of hydrogen-bond acceptors (Lipinski definition) is 4. The minimum atomic E-state index is -3.49. The van der Waals surface area contributed by atoms with Gasteiger partial charge >= 0.3 is 0 Å². The fourth-order valence-electron chi connectivity index (χ4n) is 2.78. The van der Waals surface area contributed by atoms with E-state index >= 15 is 0 Å². The molecule has 2 aromatic rings. The molecular weight excluding hydrogens is 346 g/mol. The predicted octanol–water partition coefficient (Wildman–Crippen LogP) is 5.38. The molecule has 0 spiro atoms. The third-order valence-electron chi connectivity index (χ3n) is 4.16. The SMILES string of the molecule is CC.CC1CC(S(=O)(=O)c2c(Cl)ccc3nc(C(C)(C)C)oc23)C1. The Morgan fingerprint density at radius 1 is 1.21 bits per heavy atom. The van der Waals surface area contributed by atoms with Gasteiger partial charge in [-0.25, -0.2) is 13.4 Å². The molecule has 0 aliphatic heterocycles. The zero-order valence-corrected chi connectivity index (χ0v) is 16.8. The molecule has 1 aromatic carbocycles. The molecule has 134 valence electrons. The minimum Gasteiger partial charge on any atom is -0.439 e. The van der Waals surface area contributed by atoms with Crippen LogP contribution in [0.4, 0.5) is 0 Å². The number of rotatable bonds is 2. The van der Waals surface area contributed by atoms with Crippen LogP contribution in [0.2, 0.25) is 5.02 Å². The van der Waals surface area contributed by atoms with Crippen LogP contribution in [0.15, 0.2) is 21.4 Å². The molecule has 3 rings (SSSR count). The summed E-state index contributed by atoms with van der Waals surface area (Å²) in [6.07, 6.45) is 1.35. The van der Waals surface area contributed by atoms with E-state index in [-0.39, 0.29) is 26.2 Å². The fraction of sp³-hybridized carbons (Fsp3) is 0.611.